The molecule has 0 unspecified atom stereocenters. The second kappa shape index (κ2) is 12.1. The molecule has 3 rings (SSSR count). The van der Waals surface area contributed by atoms with Crippen molar-refractivity contribution in [2.75, 3.05) is 0 Å². The van der Waals surface area contributed by atoms with Crippen molar-refractivity contribution in [2.45, 2.75) is 104 Å². The van der Waals surface area contributed by atoms with Crippen LogP contribution in [0.5, 0.6) is 0 Å². The van der Waals surface area contributed by atoms with Gasteiger partial charge in [-0.25, -0.2) is 0 Å². The van der Waals surface area contributed by atoms with E-state index in [-0.39, 0.29) is 0 Å². The van der Waals surface area contributed by atoms with E-state index in [1.54, 1.807) is 11.1 Å². The molecule has 0 fully saturated rings. The number of unbranched alkanes of at least 4 members (excludes halogenated alkanes) is 10. The van der Waals surface area contributed by atoms with E-state index in [0.717, 1.165) is 0 Å². The normalized spacial score (nSPS) is 11.7. The van der Waals surface area contributed by atoms with Crippen molar-refractivity contribution in [3.05, 3.63) is 47.5 Å². The van der Waals surface area contributed by atoms with Gasteiger partial charge in [-0.3, -0.25) is 0 Å². The van der Waals surface area contributed by atoms with E-state index in [9.17, 15) is 0 Å². The van der Waals surface area contributed by atoms with Crippen LogP contribution < -0.4 is 0 Å². The number of benzene rings is 2. The average molecular weight is 392 g/mol. The van der Waals surface area contributed by atoms with Crippen LogP contribution in [0.1, 0.15) is 102 Å². The van der Waals surface area contributed by atoms with Crippen molar-refractivity contribution in [1.29, 1.82) is 0 Å². The van der Waals surface area contributed by atoms with E-state index < -0.39 is 0 Å². The Morgan fingerprint density at radius 2 is 1.10 bits per heavy atom. The summed E-state index contributed by atoms with van der Waals surface area (Å²) in [5.41, 5.74) is 5.78. The fraction of sp³-hybridized carbons (Fsp3) is 0.571. The second-order valence-corrected chi connectivity index (χ2v) is 8.87. The molecule has 0 atom stereocenters. The van der Waals surface area contributed by atoms with E-state index in [2.05, 4.69) is 55.2 Å². The largest absolute Gasteiger partial charge is 0.355 e. The zero-order valence-corrected chi connectivity index (χ0v) is 18.9. The molecule has 1 aromatic heterocycles. The van der Waals surface area contributed by atoms with E-state index >= 15 is 0 Å². The monoisotopic (exact) mass is 391 g/mol. The highest BCUT2D eigenvalue weighted by Crippen LogP contribution is 2.30. The van der Waals surface area contributed by atoms with E-state index in [1.165, 1.54) is 112 Å². The Bertz CT molecular complexity index is 857. The lowest BCUT2D eigenvalue weighted by molar-refractivity contribution is 0.599. The van der Waals surface area contributed by atoms with Crippen molar-refractivity contribution >= 4 is 21.8 Å². The van der Waals surface area contributed by atoms with Crippen molar-refractivity contribution in [3.8, 4) is 0 Å². The molecular weight excluding hydrogens is 350 g/mol. The van der Waals surface area contributed by atoms with Crippen LogP contribution in [0.25, 0.3) is 21.8 Å². The Kier molecular flexibility index (Phi) is 9.12. The summed E-state index contributed by atoms with van der Waals surface area (Å²) >= 11 is 0. The molecule has 3 aromatic rings. The summed E-state index contributed by atoms with van der Waals surface area (Å²) in [6, 6.07) is 13.7. The smallest absolute Gasteiger partial charge is 0.0467 e. The van der Waals surface area contributed by atoms with E-state index in [0.29, 0.717) is 0 Å². The Morgan fingerprint density at radius 3 is 1.76 bits per heavy atom. The summed E-state index contributed by atoms with van der Waals surface area (Å²) in [7, 11) is 0. The maximum atomic E-state index is 3.65. The molecule has 1 nitrogen and oxygen atoms in total. The first-order valence-electron chi connectivity index (χ1n) is 12.4. The number of hydrogen-bond donors (Lipinski definition) is 1. The number of hydrogen-bond acceptors (Lipinski definition) is 0. The number of para-hydroxylation sites is 1. The predicted molar refractivity (Wildman–Crippen MR) is 130 cm³/mol. The second-order valence-electron chi connectivity index (χ2n) is 8.87. The average Bonchev–Trinajstić information content (AvgIpc) is 3.10. The molecule has 29 heavy (non-hydrogen) atoms. The van der Waals surface area contributed by atoms with Crippen LogP contribution in [0.2, 0.25) is 0 Å². The molecule has 0 bridgehead atoms. The van der Waals surface area contributed by atoms with Crippen LogP contribution in [0.15, 0.2) is 36.4 Å². The molecule has 158 valence electrons. The molecular formula is C28H41N. The number of nitrogens with one attached hydrogen (secondary N) is 1. The van der Waals surface area contributed by atoms with Crippen molar-refractivity contribution in [1.82, 2.24) is 4.98 Å². The minimum absolute atomic E-state index is 1.24. The quantitative estimate of drug-likeness (QED) is 0.264. The fourth-order valence-corrected chi connectivity index (χ4v) is 4.64. The molecule has 0 radical (unpaired) electrons. The molecule has 0 amide bonds. The molecule has 0 spiro atoms. The molecule has 0 saturated carbocycles. The lowest BCUT2D eigenvalue weighted by atomic mass is 9.94. The summed E-state index contributed by atoms with van der Waals surface area (Å²) in [5, 5.41) is 2.78. The minimum Gasteiger partial charge on any atom is -0.355 e. The molecule has 1 heterocycles. The van der Waals surface area contributed by atoms with E-state index in [4.69, 9.17) is 0 Å². The van der Waals surface area contributed by atoms with Gasteiger partial charge in [-0.1, -0.05) is 96.3 Å². The SMILES string of the molecule is CCCCCCCCc1cc2[nH]c3ccccc3c2cc1CCCCCCCC. The Morgan fingerprint density at radius 1 is 0.552 bits per heavy atom. The summed E-state index contributed by atoms with van der Waals surface area (Å²) in [4.78, 5) is 3.65. The lowest BCUT2D eigenvalue weighted by Crippen LogP contribution is -1.96. The van der Waals surface area contributed by atoms with Gasteiger partial charge in [-0.2, -0.15) is 0 Å². The molecule has 2 aromatic carbocycles. The van der Waals surface area contributed by atoms with Crippen LogP contribution in [-0.2, 0) is 12.8 Å². The fourth-order valence-electron chi connectivity index (χ4n) is 4.64. The molecule has 1 N–H and O–H groups in total. The summed E-state index contributed by atoms with van der Waals surface area (Å²) in [5.74, 6) is 0. The zero-order valence-electron chi connectivity index (χ0n) is 18.9. The Hall–Kier alpha value is -1.76. The Balaban J connectivity index is 1.69. The number of aromatic amines is 1. The van der Waals surface area contributed by atoms with Gasteiger partial charge in [0, 0.05) is 21.8 Å². The summed E-state index contributed by atoms with van der Waals surface area (Å²) in [6.45, 7) is 4.59. The van der Waals surface area contributed by atoms with Gasteiger partial charge in [0.2, 0.25) is 0 Å². The van der Waals surface area contributed by atoms with E-state index in [1.807, 2.05) is 0 Å². The molecule has 0 aliphatic rings. The Labute approximate surface area is 178 Å². The van der Waals surface area contributed by atoms with Crippen LogP contribution in [-0.4, -0.2) is 4.98 Å². The minimum atomic E-state index is 1.24. The van der Waals surface area contributed by atoms with Crippen molar-refractivity contribution in [2.24, 2.45) is 0 Å². The molecule has 1 heteroatoms. The number of H-pyrrole nitrogens is 1. The van der Waals surface area contributed by atoms with Gasteiger partial charge in [-0.05, 0) is 55.0 Å². The number of aryl methyl sites for hydroxylation is 2. The van der Waals surface area contributed by atoms with Gasteiger partial charge in [0.05, 0.1) is 0 Å². The molecule has 0 aliphatic heterocycles. The van der Waals surface area contributed by atoms with Crippen LogP contribution in [0, 0.1) is 0 Å². The number of fused-ring (bicyclic) bond motifs is 3. The van der Waals surface area contributed by atoms with Crippen molar-refractivity contribution in [3.63, 3.8) is 0 Å². The summed E-state index contributed by atoms with van der Waals surface area (Å²) < 4.78 is 0. The van der Waals surface area contributed by atoms with Crippen LogP contribution in [0.4, 0.5) is 0 Å². The number of aromatic nitrogens is 1. The lowest BCUT2D eigenvalue weighted by Gasteiger charge is -2.11. The third-order valence-electron chi connectivity index (χ3n) is 6.43. The first kappa shape index (κ1) is 21.9. The van der Waals surface area contributed by atoms with Crippen molar-refractivity contribution < 1.29 is 0 Å². The molecule has 0 saturated heterocycles. The first-order valence-corrected chi connectivity index (χ1v) is 12.4. The third-order valence-corrected chi connectivity index (χ3v) is 6.43. The first-order chi connectivity index (χ1) is 14.3. The van der Waals surface area contributed by atoms with Gasteiger partial charge in [-0.15, -0.1) is 0 Å². The van der Waals surface area contributed by atoms with Gasteiger partial charge in [0.1, 0.15) is 0 Å². The van der Waals surface area contributed by atoms with Crippen LogP contribution >= 0.6 is 0 Å². The predicted octanol–water partition coefficient (Wildman–Crippen LogP) is 9.13. The van der Waals surface area contributed by atoms with Gasteiger partial charge >= 0.3 is 0 Å². The van der Waals surface area contributed by atoms with Gasteiger partial charge < -0.3 is 4.98 Å². The maximum Gasteiger partial charge on any atom is 0.0467 e. The standard InChI is InChI=1S/C28H41N/c1-3-5-7-9-11-13-17-23-21-26-25-19-15-16-20-27(25)29-28(26)22-24(23)18-14-12-10-8-6-4-2/h15-16,19-22,29H,3-14,17-18H2,1-2H3. The van der Waals surface area contributed by atoms with Crippen LogP contribution in [0.3, 0.4) is 0 Å². The summed E-state index contributed by atoms with van der Waals surface area (Å²) in [6.07, 6.45) is 19.0. The molecule has 0 aliphatic carbocycles. The highest BCUT2D eigenvalue weighted by molar-refractivity contribution is 6.07. The van der Waals surface area contributed by atoms with Gasteiger partial charge in [0.25, 0.3) is 0 Å². The third kappa shape index (κ3) is 6.36. The highest BCUT2D eigenvalue weighted by atomic mass is 14.7. The topological polar surface area (TPSA) is 15.8 Å². The van der Waals surface area contributed by atoms with Gasteiger partial charge in [0.15, 0.2) is 0 Å². The highest BCUT2D eigenvalue weighted by Gasteiger charge is 2.10. The zero-order chi connectivity index (χ0) is 20.3. The number of rotatable bonds is 14. The maximum absolute atomic E-state index is 3.65.